The first kappa shape index (κ1) is 23.9. The van der Waals surface area contributed by atoms with Crippen LogP contribution in [0.2, 0.25) is 5.04 Å². The molecule has 0 spiro atoms. The maximum absolute atomic E-state index is 6.99. The Labute approximate surface area is 184 Å². The van der Waals surface area contributed by atoms with Gasteiger partial charge in [-0.15, -0.1) is 11.6 Å². The van der Waals surface area contributed by atoms with Crippen molar-refractivity contribution in [2.75, 3.05) is 12.5 Å². The number of hydrogen-bond donors (Lipinski definition) is 0. The topological polar surface area (TPSA) is 9.23 Å². The molecule has 2 rings (SSSR count). The SMILES string of the molecule is C/C(=C/CC[C@H](C)CCO[Si](c1ccccc1)(c1ccccc1)C(C)(C)C)CCl. The Balaban J connectivity index is 2.21. The molecule has 0 saturated heterocycles. The monoisotopic (exact) mass is 428 g/mol. The van der Waals surface area contributed by atoms with Gasteiger partial charge in [-0.05, 0) is 47.5 Å². The zero-order valence-electron chi connectivity index (χ0n) is 18.7. The summed E-state index contributed by atoms with van der Waals surface area (Å²) in [5.41, 5.74) is 1.27. The molecule has 0 amide bonds. The molecule has 2 aromatic carbocycles. The number of rotatable bonds is 10. The lowest BCUT2D eigenvalue weighted by atomic mass is 10.0. The van der Waals surface area contributed by atoms with Crippen LogP contribution in [0, 0.1) is 5.92 Å². The minimum absolute atomic E-state index is 0.0408. The first-order valence-corrected chi connectivity index (χ1v) is 13.2. The summed E-state index contributed by atoms with van der Waals surface area (Å²) in [7, 11) is -2.40. The van der Waals surface area contributed by atoms with Crippen molar-refractivity contribution in [1.29, 1.82) is 0 Å². The van der Waals surface area contributed by atoms with Crippen LogP contribution in [0.5, 0.6) is 0 Å². The predicted molar refractivity (Wildman–Crippen MR) is 131 cm³/mol. The third-order valence-corrected chi connectivity index (χ3v) is 11.2. The molecule has 3 heteroatoms. The zero-order chi connectivity index (χ0) is 21.3. The van der Waals surface area contributed by atoms with Crippen LogP contribution in [0.3, 0.4) is 0 Å². The fourth-order valence-corrected chi connectivity index (χ4v) is 8.68. The van der Waals surface area contributed by atoms with E-state index in [2.05, 4.69) is 101 Å². The molecule has 0 aromatic heterocycles. The molecule has 0 heterocycles. The van der Waals surface area contributed by atoms with Crippen LogP contribution in [0.4, 0.5) is 0 Å². The zero-order valence-corrected chi connectivity index (χ0v) is 20.5. The minimum atomic E-state index is -2.40. The molecule has 0 fully saturated rings. The van der Waals surface area contributed by atoms with Gasteiger partial charge in [-0.25, -0.2) is 0 Å². The summed E-state index contributed by atoms with van der Waals surface area (Å²) in [6, 6.07) is 21.8. The number of benzene rings is 2. The summed E-state index contributed by atoms with van der Waals surface area (Å²) in [5, 5.41) is 2.75. The lowest BCUT2D eigenvalue weighted by Gasteiger charge is -2.43. The van der Waals surface area contributed by atoms with Gasteiger partial charge in [-0.2, -0.15) is 0 Å². The van der Waals surface area contributed by atoms with Crippen LogP contribution in [0.25, 0.3) is 0 Å². The normalized spacial score (nSPS) is 14.1. The van der Waals surface area contributed by atoms with Gasteiger partial charge >= 0.3 is 0 Å². The van der Waals surface area contributed by atoms with E-state index in [0.717, 1.165) is 19.4 Å². The molecule has 0 unspecified atom stereocenters. The van der Waals surface area contributed by atoms with Crippen molar-refractivity contribution in [2.45, 2.75) is 58.9 Å². The van der Waals surface area contributed by atoms with E-state index in [1.807, 2.05) is 0 Å². The van der Waals surface area contributed by atoms with Gasteiger partial charge in [-0.1, -0.05) is 100 Å². The molecule has 0 aliphatic carbocycles. The Kier molecular flexibility index (Phi) is 9.20. The van der Waals surface area contributed by atoms with Crippen LogP contribution in [-0.2, 0) is 4.43 Å². The highest BCUT2D eigenvalue weighted by Gasteiger charge is 2.49. The molecule has 0 saturated carbocycles. The van der Waals surface area contributed by atoms with Gasteiger partial charge in [0.05, 0.1) is 0 Å². The molecule has 29 heavy (non-hydrogen) atoms. The third kappa shape index (κ3) is 6.31. The second-order valence-corrected chi connectivity index (χ2v) is 13.7. The Bertz CT molecular complexity index is 710. The number of hydrogen-bond acceptors (Lipinski definition) is 1. The smallest absolute Gasteiger partial charge is 0.261 e. The lowest BCUT2D eigenvalue weighted by Crippen LogP contribution is -2.66. The molecule has 158 valence electrons. The van der Waals surface area contributed by atoms with E-state index >= 15 is 0 Å². The van der Waals surface area contributed by atoms with E-state index < -0.39 is 8.32 Å². The van der Waals surface area contributed by atoms with E-state index in [-0.39, 0.29) is 5.04 Å². The Morgan fingerprint density at radius 2 is 1.48 bits per heavy atom. The van der Waals surface area contributed by atoms with Crippen LogP contribution in [0.15, 0.2) is 72.3 Å². The quantitative estimate of drug-likeness (QED) is 0.236. The van der Waals surface area contributed by atoms with E-state index in [0.29, 0.717) is 11.8 Å². The molecule has 1 atom stereocenters. The minimum Gasteiger partial charge on any atom is -0.407 e. The summed E-state index contributed by atoms with van der Waals surface area (Å²) < 4.78 is 6.99. The maximum Gasteiger partial charge on any atom is 0.261 e. The Hall–Kier alpha value is -1.35. The lowest BCUT2D eigenvalue weighted by molar-refractivity contribution is 0.264. The summed E-state index contributed by atoms with van der Waals surface area (Å²) in [6.45, 7) is 12.2. The van der Waals surface area contributed by atoms with E-state index in [1.54, 1.807) is 0 Å². The van der Waals surface area contributed by atoms with Crippen molar-refractivity contribution >= 4 is 30.3 Å². The maximum atomic E-state index is 6.99. The van der Waals surface area contributed by atoms with Gasteiger partial charge in [0.1, 0.15) is 0 Å². The molecule has 0 aliphatic rings. The van der Waals surface area contributed by atoms with Crippen LogP contribution >= 0.6 is 11.6 Å². The molecule has 1 nitrogen and oxygen atoms in total. The number of halogens is 1. The average molecular weight is 429 g/mol. The molecule has 0 bridgehead atoms. The predicted octanol–water partition coefficient (Wildman–Crippen LogP) is 6.55. The van der Waals surface area contributed by atoms with Crippen LogP contribution in [0.1, 0.15) is 53.9 Å². The number of alkyl halides is 1. The van der Waals surface area contributed by atoms with Crippen LogP contribution < -0.4 is 10.4 Å². The molecule has 0 aliphatic heterocycles. The first-order valence-electron chi connectivity index (χ1n) is 10.8. The standard InChI is InChI=1S/C26H37ClOSi/c1-22(13-12-14-23(2)21-27)19-20-28-29(26(3,4)5,24-15-8-6-9-16-24)25-17-10-7-11-18-25/h6-11,14-18,22H,12-13,19-21H2,1-5H3/b23-14-/t22-/m0/s1. The van der Waals surface area contributed by atoms with Gasteiger partial charge < -0.3 is 4.43 Å². The largest absolute Gasteiger partial charge is 0.407 e. The molecule has 0 N–H and O–H groups in total. The van der Waals surface area contributed by atoms with Gasteiger partial charge in [0, 0.05) is 12.5 Å². The van der Waals surface area contributed by atoms with E-state index in [1.165, 1.54) is 22.4 Å². The van der Waals surface area contributed by atoms with Crippen LogP contribution in [-0.4, -0.2) is 20.8 Å². The van der Waals surface area contributed by atoms with Crippen molar-refractivity contribution in [3.63, 3.8) is 0 Å². The number of allylic oxidation sites excluding steroid dienone is 2. The van der Waals surface area contributed by atoms with Crippen molar-refractivity contribution in [3.8, 4) is 0 Å². The molecular weight excluding hydrogens is 392 g/mol. The highest BCUT2D eigenvalue weighted by atomic mass is 35.5. The summed E-state index contributed by atoms with van der Waals surface area (Å²) >= 11 is 5.88. The Morgan fingerprint density at radius 1 is 0.966 bits per heavy atom. The second kappa shape index (κ2) is 11.2. The highest BCUT2D eigenvalue weighted by molar-refractivity contribution is 6.99. The van der Waals surface area contributed by atoms with Gasteiger partial charge in [0.2, 0.25) is 0 Å². The van der Waals surface area contributed by atoms with E-state index in [9.17, 15) is 0 Å². The molecule has 0 radical (unpaired) electrons. The van der Waals surface area contributed by atoms with Crippen molar-refractivity contribution in [2.24, 2.45) is 5.92 Å². The van der Waals surface area contributed by atoms with Crippen molar-refractivity contribution in [1.82, 2.24) is 0 Å². The summed E-state index contributed by atoms with van der Waals surface area (Å²) in [6.07, 6.45) is 5.63. The fourth-order valence-electron chi connectivity index (χ4n) is 3.99. The fraction of sp³-hybridized carbons (Fsp3) is 0.462. The van der Waals surface area contributed by atoms with E-state index in [4.69, 9.17) is 16.0 Å². The molecule has 2 aromatic rings. The third-order valence-electron chi connectivity index (χ3n) is 5.71. The summed E-state index contributed by atoms with van der Waals surface area (Å²) in [4.78, 5) is 0. The van der Waals surface area contributed by atoms with Gasteiger partial charge in [0.25, 0.3) is 8.32 Å². The van der Waals surface area contributed by atoms with Gasteiger partial charge in [-0.3, -0.25) is 0 Å². The second-order valence-electron chi connectivity index (χ2n) is 9.17. The Morgan fingerprint density at radius 3 is 1.93 bits per heavy atom. The average Bonchev–Trinajstić information content (AvgIpc) is 2.71. The van der Waals surface area contributed by atoms with Crippen molar-refractivity contribution < 1.29 is 4.43 Å². The first-order chi connectivity index (χ1) is 13.8. The van der Waals surface area contributed by atoms with Gasteiger partial charge in [0.15, 0.2) is 0 Å². The molecular formula is C26H37ClOSi. The van der Waals surface area contributed by atoms with Crippen molar-refractivity contribution in [3.05, 3.63) is 72.3 Å². The highest BCUT2D eigenvalue weighted by Crippen LogP contribution is 2.37. The summed E-state index contributed by atoms with van der Waals surface area (Å²) in [5.74, 6) is 1.26.